The molecule has 1 saturated heterocycles. The van der Waals surface area contributed by atoms with Gasteiger partial charge in [-0.2, -0.15) is 0 Å². The maximum Gasteiger partial charge on any atom is 0.243 e. The smallest absolute Gasteiger partial charge is 0.243 e. The van der Waals surface area contributed by atoms with Gasteiger partial charge in [-0.25, -0.2) is 4.39 Å². The first-order valence-electron chi connectivity index (χ1n) is 11.2. The van der Waals surface area contributed by atoms with Crippen LogP contribution in [0.15, 0.2) is 53.7 Å². The maximum absolute atomic E-state index is 13.0. The maximum atomic E-state index is 13.0. The van der Waals surface area contributed by atoms with E-state index in [1.807, 2.05) is 35.8 Å². The minimum absolute atomic E-state index is 0.0911. The lowest BCUT2D eigenvalue weighted by atomic mass is 10.1. The van der Waals surface area contributed by atoms with Crippen LogP contribution in [0.1, 0.15) is 24.8 Å². The second-order valence-corrected chi connectivity index (χ2v) is 9.06. The van der Waals surface area contributed by atoms with Crippen molar-refractivity contribution in [3.05, 3.63) is 59.9 Å². The van der Waals surface area contributed by atoms with Crippen LogP contribution in [0.5, 0.6) is 0 Å². The molecule has 2 aromatic carbocycles. The standard InChI is InChI=1S/C24H27FN6O2S/c1-17-5-11-20(12-6-17)31-23(30-13-3-2-4-14-30)28-29-24(31)34-16-22(33)26-15-21(32)27-19-9-7-18(25)8-10-19/h5-12H,2-4,13-16H2,1H3,(H,26,33)(H,27,32). The molecule has 2 amide bonds. The van der Waals surface area contributed by atoms with Crippen molar-refractivity contribution < 1.29 is 14.0 Å². The van der Waals surface area contributed by atoms with Gasteiger partial charge in [-0.15, -0.1) is 10.2 Å². The van der Waals surface area contributed by atoms with Crippen molar-refractivity contribution in [2.24, 2.45) is 0 Å². The molecule has 1 fully saturated rings. The number of hydrogen-bond donors (Lipinski definition) is 2. The Hall–Kier alpha value is -3.40. The van der Waals surface area contributed by atoms with E-state index in [4.69, 9.17) is 0 Å². The third-order valence-corrected chi connectivity index (χ3v) is 6.38. The number of halogens is 1. The average molecular weight is 483 g/mol. The topological polar surface area (TPSA) is 92.2 Å². The molecule has 1 aromatic heterocycles. The van der Waals surface area contributed by atoms with Gasteiger partial charge in [-0.3, -0.25) is 14.2 Å². The molecule has 0 bridgehead atoms. The zero-order valence-corrected chi connectivity index (χ0v) is 19.8. The molecule has 1 aliphatic heterocycles. The van der Waals surface area contributed by atoms with Gasteiger partial charge in [0.1, 0.15) is 5.82 Å². The molecular formula is C24H27FN6O2S. The fourth-order valence-electron chi connectivity index (χ4n) is 3.67. The van der Waals surface area contributed by atoms with E-state index in [1.54, 1.807) is 0 Å². The van der Waals surface area contributed by atoms with E-state index in [9.17, 15) is 14.0 Å². The van der Waals surface area contributed by atoms with Gasteiger partial charge in [-0.05, 0) is 62.6 Å². The molecular weight excluding hydrogens is 455 g/mol. The highest BCUT2D eigenvalue weighted by molar-refractivity contribution is 7.99. The van der Waals surface area contributed by atoms with E-state index in [-0.39, 0.29) is 29.9 Å². The van der Waals surface area contributed by atoms with E-state index in [0.717, 1.165) is 43.1 Å². The molecule has 0 aliphatic carbocycles. The summed E-state index contributed by atoms with van der Waals surface area (Å²) in [6, 6.07) is 13.6. The highest BCUT2D eigenvalue weighted by atomic mass is 32.2. The lowest BCUT2D eigenvalue weighted by molar-refractivity contribution is -0.122. The summed E-state index contributed by atoms with van der Waals surface area (Å²) in [5, 5.41) is 14.6. The third kappa shape index (κ3) is 6.13. The van der Waals surface area contributed by atoms with Crippen molar-refractivity contribution in [3.8, 4) is 5.69 Å². The number of aromatic nitrogens is 3. The van der Waals surface area contributed by atoms with Crippen LogP contribution < -0.4 is 15.5 Å². The molecule has 2 N–H and O–H groups in total. The average Bonchev–Trinajstić information content (AvgIpc) is 3.28. The fourth-order valence-corrected chi connectivity index (χ4v) is 4.45. The lowest BCUT2D eigenvalue weighted by Gasteiger charge is -2.27. The molecule has 0 unspecified atom stereocenters. The van der Waals surface area contributed by atoms with Crippen LogP contribution in [-0.2, 0) is 9.59 Å². The summed E-state index contributed by atoms with van der Waals surface area (Å²) in [6.07, 6.45) is 3.45. The summed E-state index contributed by atoms with van der Waals surface area (Å²) in [5.74, 6) is -0.193. The Morgan fingerprint density at radius 1 is 0.971 bits per heavy atom. The molecule has 1 aliphatic rings. The van der Waals surface area contributed by atoms with Gasteiger partial charge >= 0.3 is 0 Å². The predicted octanol–water partition coefficient (Wildman–Crippen LogP) is 3.55. The number of carbonyl (C=O) groups is 2. The van der Waals surface area contributed by atoms with Crippen LogP contribution in [0.3, 0.4) is 0 Å². The Morgan fingerprint density at radius 3 is 2.38 bits per heavy atom. The van der Waals surface area contributed by atoms with Gasteiger partial charge < -0.3 is 15.5 Å². The molecule has 0 atom stereocenters. The number of nitrogens with one attached hydrogen (secondary N) is 2. The number of anilines is 2. The van der Waals surface area contributed by atoms with Crippen LogP contribution in [0.2, 0.25) is 0 Å². The molecule has 0 spiro atoms. The van der Waals surface area contributed by atoms with E-state index in [1.165, 1.54) is 42.4 Å². The number of carbonyl (C=O) groups excluding carboxylic acids is 2. The number of thioether (sulfide) groups is 1. The first-order chi connectivity index (χ1) is 16.5. The highest BCUT2D eigenvalue weighted by Crippen LogP contribution is 2.28. The van der Waals surface area contributed by atoms with Gasteiger partial charge in [0, 0.05) is 18.8 Å². The van der Waals surface area contributed by atoms with Crippen LogP contribution in [0.4, 0.5) is 16.0 Å². The molecule has 3 aromatic rings. The zero-order chi connectivity index (χ0) is 23.9. The number of aryl methyl sites for hydroxylation is 1. The van der Waals surface area contributed by atoms with Crippen molar-refractivity contribution in [2.75, 3.05) is 35.6 Å². The van der Waals surface area contributed by atoms with Gasteiger partial charge in [0.15, 0.2) is 5.16 Å². The van der Waals surface area contributed by atoms with Crippen LogP contribution in [0.25, 0.3) is 5.69 Å². The van der Waals surface area contributed by atoms with Gasteiger partial charge in [0.25, 0.3) is 0 Å². The summed E-state index contributed by atoms with van der Waals surface area (Å²) in [4.78, 5) is 26.7. The van der Waals surface area contributed by atoms with Crippen molar-refractivity contribution in [2.45, 2.75) is 31.3 Å². The largest absolute Gasteiger partial charge is 0.346 e. The van der Waals surface area contributed by atoms with Gasteiger partial charge in [-0.1, -0.05) is 29.5 Å². The van der Waals surface area contributed by atoms with Crippen molar-refractivity contribution in [1.29, 1.82) is 0 Å². The molecule has 178 valence electrons. The minimum Gasteiger partial charge on any atom is -0.346 e. The molecule has 34 heavy (non-hydrogen) atoms. The summed E-state index contributed by atoms with van der Waals surface area (Å²) >= 11 is 1.27. The van der Waals surface area contributed by atoms with Crippen LogP contribution in [-0.4, -0.2) is 52.0 Å². The van der Waals surface area contributed by atoms with E-state index in [2.05, 4.69) is 25.7 Å². The fraction of sp³-hybridized carbons (Fsp3) is 0.333. The lowest BCUT2D eigenvalue weighted by Crippen LogP contribution is -2.34. The minimum atomic E-state index is -0.389. The Labute approximate surface area is 201 Å². The summed E-state index contributed by atoms with van der Waals surface area (Å²) in [5.41, 5.74) is 2.56. The SMILES string of the molecule is Cc1ccc(-n2c(SCC(=O)NCC(=O)Nc3ccc(F)cc3)nnc2N2CCCCC2)cc1. The summed E-state index contributed by atoms with van der Waals surface area (Å²) in [6.45, 7) is 3.71. The van der Waals surface area contributed by atoms with Crippen molar-refractivity contribution in [3.63, 3.8) is 0 Å². The molecule has 8 nitrogen and oxygen atoms in total. The number of benzene rings is 2. The zero-order valence-electron chi connectivity index (χ0n) is 19.0. The van der Waals surface area contributed by atoms with Crippen molar-refractivity contribution >= 4 is 35.2 Å². The first-order valence-corrected chi connectivity index (χ1v) is 12.2. The Balaban J connectivity index is 1.38. The second-order valence-electron chi connectivity index (χ2n) is 8.12. The van der Waals surface area contributed by atoms with Gasteiger partial charge in [0.2, 0.25) is 17.8 Å². The molecule has 0 saturated carbocycles. The number of nitrogens with zero attached hydrogens (tertiary/aromatic N) is 4. The van der Waals surface area contributed by atoms with E-state index >= 15 is 0 Å². The Morgan fingerprint density at radius 2 is 1.68 bits per heavy atom. The Bertz CT molecular complexity index is 1130. The van der Waals surface area contributed by atoms with Crippen LogP contribution >= 0.6 is 11.8 Å². The molecule has 10 heteroatoms. The number of piperidine rings is 1. The molecule has 2 heterocycles. The van der Waals surface area contributed by atoms with Crippen LogP contribution in [0, 0.1) is 12.7 Å². The summed E-state index contributed by atoms with van der Waals surface area (Å²) < 4.78 is 15.0. The van der Waals surface area contributed by atoms with Gasteiger partial charge in [0.05, 0.1) is 18.0 Å². The quantitative estimate of drug-likeness (QED) is 0.477. The molecule has 4 rings (SSSR count). The normalized spacial score (nSPS) is 13.5. The van der Waals surface area contributed by atoms with E-state index < -0.39 is 0 Å². The number of hydrogen-bond acceptors (Lipinski definition) is 6. The number of rotatable bonds is 8. The Kier molecular flexibility index (Phi) is 7.79. The highest BCUT2D eigenvalue weighted by Gasteiger charge is 2.22. The third-order valence-electron chi connectivity index (χ3n) is 5.45. The second kappa shape index (κ2) is 11.1. The molecule has 0 radical (unpaired) electrons. The first kappa shape index (κ1) is 23.7. The number of amides is 2. The monoisotopic (exact) mass is 482 g/mol. The van der Waals surface area contributed by atoms with E-state index in [0.29, 0.717) is 10.8 Å². The van der Waals surface area contributed by atoms with Crippen molar-refractivity contribution in [1.82, 2.24) is 20.1 Å². The predicted molar refractivity (Wildman–Crippen MR) is 131 cm³/mol. The summed E-state index contributed by atoms with van der Waals surface area (Å²) in [7, 11) is 0.